The monoisotopic (exact) mass is 215 g/mol. The average Bonchev–Trinajstić information content (AvgIpc) is 3.10. The third-order valence-corrected chi connectivity index (χ3v) is 1.39. The zero-order valence-electron chi connectivity index (χ0n) is 8.69. The summed E-state index contributed by atoms with van der Waals surface area (Å²) in [5, 5.41) is 9.33. The summed E-state index contributed by atoms with van der Waals surface area (Å²) in [6.07, 6.45) is 10.4. The Hall–Kier alpha value is -2.43. The van der Waals surface area contributed by atoms with Crippen molar-refractivity contribution in [3.8, 4) is 0 Å². The summed E-state index contributed by atoms with van der Waals surface area (Å²) in [6, 6.07) is 9.60. The highest BCUT2D eigenvalue weighted by Crippen LogP contribution is 1.73. The van der Waals surface area contributed by atoms with Gasteiger partial charge in [0.05, 0.1) is 12.4 Å². The third-order valence-electron chi connectivity index (χ3n) is 1.39. The van der Waals surface area contributed by atoms with Crippen molar-refractivity contribution < 1.29 is 0 Å². The highest BCUT2D eigenvalue weighted by molar-refractivity contribution is 4.88. The summed E-state index contributed by atoms with van der Waals surface area (Å²) in [5.41, 5.74) is 0. The molecule has 0 fully saturated rings. The number of pyridine rings is 1. The predicted molar refractivity (Wildman–Crippen MR) is 61.4 cm³/mol. The van der Waals surface area contributed by atoms with Crippen LogP contribution in [0.15, 0.2) is 67.5 Å². The van der Waals surface area contributed by atoms with Crippen molar-refractivity contribution >= 4 is 0 Å². The maximum absolute atomic E-state index is 3.78. The summed E-state index contributed by atoms with van der Waals surface area (Å²) in [4.78, 5) is 6.65. The minimum atomic E-state index is 1.58. The van der Waals surface area contributed by atoms with Crippen molar-refractivity contribution in [3.05, 3.63) is 67.5 Å². The van der Waals surface area contributed by atoms with E-state index in [9.17, 15) is 0 Å². The molecule has 3 aromatic heterocycles. The lowest BCUT2D eigenvalue weighted by molar-refractivity contribution is 0.940. The Morgan fingerprint density at radius 1 is 0.625 bits per heavy atom. The highest BCUT2D eigenvalue weighted by atomic mass is 15.3. The number of nitrogens with zero attached hydrogens (tertiary/aromatic N) is 3. The smallest absolute Gasteiger partial charge is 0.0690 e. The second kappa shape index (κ2) is 9.14. The molecule has 3 rings (SSSR count). The summed E-state index contributed by atoms with van der Waals surface area (Å²) >= 11 is 0. The van der Waals surface area contributed by atoms with Gasteiger partial charge < -0.3 is 4.98 Å². The number of hydrogen-bond acceptors (Lipinski definition) is 3. The Labute approximate surface area is 93.6 Å². The first-order valence-corrected chi connectivity index (χ1v) is 4.72. The van der Waals surface area contributed by atoms with Crippen molar-refractivity contribution in [1.29, 1.82) is 0 Å². The van der Waals surface area contributed by atoms with Crippen LogP contribution in [0.25, 0.3) is 0 Å². The van der Waals surface area contributed by atoms with Crippen molar-refractivity contribution in [2.24, 2.45) is 0 Å². The molecule has 0 radical (unpaired) electrons. The van der Waals surface area contributed by atoms with Crippen LogP contribution in [0, 0.1) is 0 Å². The maximum Gasteiger partial charge on any atom is 0.0690 e. The van der Waals surface area contributed by atoms with E-state index in [0.29, 0.717) is 0 Å². The number of aromatic amines is 2. The fraction of sp³-hybridized carbons (Fsp3) is 0. The van der Waals surface area contributed by atoms with Gasteiger partial charge in [0.1, 0.15) is 0 Å². The van der Waals surface area contributed by atoms with Gasteiger partial charge in [0.25, 0.3) is 0 Å². The van der Waals surface area contributed by atoms with Crippen LogP contribution in [0.4, 0.5) is 0 Å². The van der Waals surface area contributed by atoms with E-state index >= 15 is 0 Å². The molecule has 0 aliphatic rings. The van der Waals surface area contributed by atoms with Gasteiger partial charge in [-0.3, -0.25) is 4.98 Å². The summed E-state index contributed by atoms with van der Waals surface area (Å²) < 4.78 is 0. The molecule has 0 spiro atoms. The van der Waals surface area contributed by atoms with E-state index < -0.39 is 0 Å². The fourth-order valence-corrected chi connectivity index (χ4v) is 0.757. The molecule has 3 heterocycles. The van der Waals surface area contributed by atoms with Gasteiger partial charge in [-0.15, -0.1) is 0 Å². The predicted octanol–water partition coefficient (Wildman–Crippen LogP) is 1.90. The van der Waals surface area contributed by atoms with E-state index in [1.807, 2.05) is 42.7 Å². The third kappa shape index (κ3) is 7.02. The molecule has 0 saturated heterocycles. The van der Waals surface area contributed by atoms with E-state index in [-0.39, 0.29) is 0 Å². The van der Waals surface area contributed by atoms with Gasteiger partial charge in [-0.05, 0) is 24.3 Å². The van der Waals surface area contributed by atoms with Crippen molar-refractivity contribution in [2.45, 2.75) is 0 Å². The second-order valence-corrected chi connectivity index (χ2v) is 2.57. The number of rotatable bonds is 0. The molecular weight excluding hydrogens is 202 g/mol. The molecule has 2 N–H and O–H groups in total. The SMILES string of the molecule is c1cc[nH]c1.c1ccncc1.c1cn[nH]n1. The summed E-state index contributed by atoms with van der Waals surface area (Å²) in [5.74, 6) is 0. The van der Waals surface area contributed by atoms with Gasteiger partial charge in [0.2, 0.25) is 0 Å². The van der Waals surface area contributed by atoms with Crippen LogP contribution in [-0.4, -0.2) is 25.4 Å². The number of hydrogen-bond donors (Lipinski definition) is 2. The van der Waals surface area contributed by atoms with Crippen LogP contribution in [0.5, 0.6) is 0 Å². The molecule has 0 unspecified atom stereocenters. The van der Waals surface area contributed by atoms with Crippen molar-refractivity contribution in [2.75, 3.05) is 0 Å². The zero-order chi connectivity index (χ0) is 11.3. The van der Waals surface area contributed by atoms with Gasteiger partial charge in [-0.1, -0.05) is 6.07 Å². The molecule has 0 atom stereocenters. The largest absolute Gasteiger partial charge is 0.368 e. The molecular formula is C11H13N5. The first-order chi connectivity index (χ1) is 8.00. The van der Waals surface area contributed by atoms with Crippen LogP contribution >= 0.6 is 0 Å². The molecule has 5 heteroatoms. The highest BCUT2D eigenvalue weighted by Gasteiger charge is 1.58. The molecule has 0 amide bonds. The lowest BCUT2D eigenvalue weighted by Crippen LogP contribution is -1.61. The van der Waals surface area contributed by atoms with E-state index in [1.54, 1.807) is 24.8 Å². The lowest BCUT2D eigenvalue weighted by atomic mass is 10.5. The van der Waals surface area contributed by atoms with Gasteiger partial charge in [0.15, 0.2) is 0 Å². The molecule has 0 saturated carbocycles. The standard InChI is InChI=1S/C5H5N.C4H5N.C2H3N3/c1-2-4-6-5-3-1;2*1-2-4-5-3-1/h1-5H;1-5H;1-2H,(H,3,4,5). The minimum absolute atomic E-state index is 1.58. The van der Waals surface area contributed by atoms with Gasteiger partial charge >= 0.3 is 0 Å². The first kappa shape index (κ1) is 11.6. The quantitative estimate of drug-likeness (QED) is 0.601. The zero-order valence-corrected chi connectivity index (χ0v) is 8.69. The van der Waals surface area contributed by atoms with Crippen molar-refractivity contribution in [3.63, 3.8) is 0 Å². The van der Waals surface area contributed by atoms with Crippen LogP contribution < -0.4 is 0 Å². The Morgan fingerprint density at radius 3 is 1.44 bits per heavy atom. The maximum atomic E-state index is 3.78. The summed E-state index contributed by atoms with van der Waals surface area (Å²) in [7, 11) is 0. The number of aromatic nitrogens is 5. The van der Waals surface area contributed by atoms with Crippen LogP contribution in [0.3, 0.4) is 0 Å². The van der Waals surface area contributed by atoms with Crippen molar-refractivity contribution in [1.82, 2.24) is 25.4 Å². The van der Waals surface area contributed by atoms with E-state index in [1.165, 1.54) is 0 Å². The van der Waals surface area contributed by atoms with Gasteiger partial charge in [-0.25, -0.2) is 0 Å². The lowest BCUT2D eigenvalue weighted by Gasteiger charge is -1.70. The van der Waals surface area contributed by atoms with E-state index in [2.05, 4.69) is 25.4 Å². The van der Waals surface area contributed by atoms with E-state index in [4.69, 9.17) is 0 Å². The average molecular weight is 215 g/mol. The second-order valence-electron chi connectivity index (χ2n) is 2.57. The van der Waals surface area contributed by atoms with Gasteiger partial charge in [0, 0.05) is 24.8 Å². The van der Waals surface area contributed by atoms with Crippen LogP contribution in [-0.2, 0) is 0 Å². The Kier molecular flexibility index (Phi) is 6.65. The molecule has 3 aromatic rings. The number of H-pyrrole nitrogens is 2. The Bertz CT molecular complexity index is 306. The minimum Gasteiger partial charge on any atom is -0.368 e. The molecule has 82 valence electrons. The molecule has 16 heavy (non-hydrogen) atoms. The van der Waals surface area contributed by atoms with Crippen LogP contribution in [0.2, 0.25) is 0 Å². The first-order valence-electron chi connectivity index (χ1n) is 4.72. The normalized spacial score (nSPS) is 8.00. The fourth-order valence-electron chi connectivity index (χ4n) is 0.757. The summed E-state index contributed by atoms with van der Waals surface area (Å²) in [6.45, 7) is 0. The Balaban J connectivity index is 0.000000121. The van der Waals surface area contributed by atoms with E-state index in [0.717, 1.165) is 0 Å². The topological polar surface area (TPSA) is 70.2 Å². The molecule has 0 bridgehead atoms. The molecule has 0 aliphatic carbocycles. The van der Waals surface area contributed by atoms with Gasteiger partial charge in [-0.2, -0.15) is 15.4 Å². The molecule has 5 nitrogen and oxygen atoms in total. The molecule has 0 aliphatic heterocycles. The number of nitrogens with one attached hydrogen (secondary N) is 2. The molecule has 0 aromatic carbocycles. The Morgan fingerprint density at radius 2 is 1.25 bits per heavy atom. The van der Waals surface area contributed by atoms with Crippen LogP contribution in [0.1, 0.15) is 0 Å².